The average Bonchev–Trinajstić information content (AvgIpc) is 3.31. The van der Waals surface area contributed by atoms with E-state index in [4.69, 9.17) is 13.9 Å². The monoisotopic (exact) mass is 384 g/mol. The molecule has 0 saturated heterocycles. The van der Waals surface area contributed by atoms with Gasteiger partial charge in [0.2, 0.25) is 11.6 Å². The molecule has 1 heterocycles. The zero-order valence-corrected chi connectivity index (χ0v) is 15.7. The predicted molar refractivity (Wildman–Crippen MR) is 95.4 cm³/mol. The van der Waals surface area contributed by atoms with E-state index in [2.05, 4.69) is 0 Å². The van der Waals surface area contributed by atoms with Crippen molar-refractivity contribution in [2.45, 2.75) is 43.2 Å². The molecule has 0 fully saturated rings. The van der Waals surface area contributed by atoms with Gasteiger partial charge in [0.1, 0.15) is 12.2 Å². The fourth-order valence-corrected chi connectivity index (χ4v) is 5.34. The molecular formula is C21H20O7. The first-order valence-corrected chi connectivity index (χ1v) is 9.15. The molecule has 7 nitrogen and oxygen atoms in total. The summed E-state index contributed by atoms with van der Waals surface area (Å²) in [5.41, 5.74) is 1.88. The van der Waals surface area contributed by atoms with Crippen LogP contribution in [-0.2, 0) is 21.3 Å². The Morgan fingerprint density at radius 1 is 1.14 bits per heavy atom. The van der Waals surface area contributed by atoms with Crippen LogP contribution in [0.2, 0.25) is 0 Å². The van der Waals surface area contributed by atoms with Crippen LogP contribution in [0.25, 0.3) is 0 Å². The Bertz CT molecular complexity index is 1050. The van der Waals surface area contributed by atoms with Crippen molar-refractivity contribution in [1.82, 2.24) is 0 Å². The lowest BCUT2D eigenvalue weighted by Gasteiger charge is -2.52. The van der Waals surface area contributed by atoms with Crippen LogP contribution < -0.4 is 0 Å². The number of hydrogen-bond acceptors (Lipinski definition) is 7. The van der Waals surface area contributed by atoms with Gasteiger partial charge in [-0.05, 0) is 24.5 Å². The maximum atomic E-state index is 13.3. The van der Waals surface area contributed by atoms with Crippen molar-refractivity contribution in [3.63, 3.8) is 0 Å². The van der Waals surface area contributed by atoms with Gasteiger partial charge >= 0.3 is 0 Å². The molecule has 1 aromatic heterocycles. The number of ketones is 2. The second-order valence-electron chi connectivity index (χ2n) is 7.80. The Morgan fingerprint density at radius 2 is 1.86 bits per heavy atom. The van der Waals surface area contributed by atoms with Gasteiger partial charge in [-0.15, -0.1) is 0 Å². The van der Waals surface area contributed by atoms with E-state index >= 15 is 0 Å². The summed E-state index contributed by atoms with van der Waals surface area (Å²) in [5, 5.41) is 22.3. The molecule has 3 aliphatic rings. The van der Waals surface area contributed by atoms with Crippen molar-refractivity contribution in [1.29, 1.82) is 0 Å². The predicted octanol–water partition coefficient (Wildman–Crippen LogP) is 1.66. The number of rotatable bonds is 2. The molecule has 0 aliphatic heterocycles. The average molecular weight is 384 g/mol. The van der Waals surface area contributed by atoms with Gasteiger partial charge in [0, 0.05) is 42.9 Å². The highest BCUT2D eigenvalue weighted by atomic mass is 16.7. The third kappa shape index (κ3) is 1.70. The van der Waals surface area contributed by atoms with Crippen molar-refractivity contribution in [2.24, 2.45) is 0 Å². The minimum absolute atomic E-state index is 0.00410. The molecule has 2 N–H and O–H groups in total. The number of carbonyl (C=O) groups excluding carboxylic acids is 2. The van der Waals surface area contributed by atoms with E-state index in [1.165, 1.54) is 20.5 Å². The number of benzene rings is 1. The molecule has 0 unspecified atom stereocenters. The van der Waals surface area contributed by atoms with E-state index < -0.39 is 23.4 Å². The Morgan fingerprint density at radius 3 is 2.54 bits per heavy atom. The molecule has 0 amide bonds. The number of aliphatic hydroxyl groups is 2. The zero-order chi connectivity index (χ0) is 20.0. The number of furan rings is 1. The number of aliphatic hydroxyl groups excluding tert-OH is 2. The van der Waals surface area contributed by atoms with Gasteiger partial charge in [-0.1, -0.05) is 12.1 Å². The highest BCUT2D eigenvalue weighted by Crippen LogP contribution is 2.57. The maximum Gasteiger partial charge on any atom is 0.229 e. The van der Waals surface area contributed by atoms with Crippen LogP contribution >= 0.6 is 0 Å². The van der Waals surface area contributed by atoms with E-state index in [9.17, 15) is 19.8 Å². The highest BCUT2D eigenvalue weighted by molar-refractivity contribution is 6.15. The molecule has 3 aliphatic carbocycles. The topological polar surface area (TPSA) is 106 Å². The number of fused-ring (bicyclic) bond motifs is 4. The lowest BCUT2D eigenvalue weighted by molar-refractivity contribution is -0.319. The minimum atomic E-state index is -1.74. The summed E-state index contributed by atoms with van der Waals surface area (Å²) in [6.45, 7) is 1.78. The van der Waals surface area contributed by atoms with Crippen molar-refractivity contribution in [3.05, 3.63) is 57.5 Å². The van der Waals surface area contributed by atoms with E-state index in [1.807, 2.05) is 0 Å². The second-order valence-corrected chi connectivity index (χ2v) is 7.80. The van der Waals surface area contributed by atoms with Gasteiger partial charge in [-0.25, -0.2) is 0 Å². The van der Waals surface area contributed by atoms with Crippen LogP contribution in [0.4, 0.5) is 0 Å². The number of Topliss-reactive ketones (excluding diaryl/α,β-unsaturated/α-hetero) is 1. The van der Waals surface area contributed by atoms with E-state index in [0.29, 0.717) is 46.2 Å². The van der Waals surface area contributed by atoms with Crippen molar-refractivity contribution in [2.75, 3.05) is 14.2 Å². The summed E-state index contributed by atoms with van der Waals surface area (Å²) >= 11 is 0. The Balaban J connectivity index is 1.88. The van der Waals surface area contributed by atoms with Crippen molar-refractivity contribution in [3.8, 4) is 0 Å². The van der Waals surface area contributed by atoms with Gasteiger partial charge in [0.15, 0.2) is 11.5 Å². The lowest BCUT2D eigenvalue weighted by Crippen LogP contribution is -2.63. The molecule has 0 bridgehead atoms. The molecule has 0 radical (unpaired) electrons. The first-order chi connectivity index (χ1) is 13.3. The van der Waals surface area contributed by atoms with Crippen LogP contribution in [0.5, 0.6) is 0 Å². The standard InChI is InChI=1S/C21H20O7/c1-20-12-6-4-9-10(5-7-13(9)22)14(12)16(23)17-15(20)11(8-28-17)18(24)21(26-2,27-3)19(20)25/h4,6,8,18-19,24-25H,5,7H2,1-3H3/t18-,19+,20-/m1/s1. The first kappa shape index (κ1) is 17.8. The van der Waals surface area contributed by atoms with Gasteiger partial charge < -0.3 is 24.1 Å². The van der Waals surface area contributed by atoms with Crippen LogP contribution in [0.1, 0.15) is 68.2 Å². The molecule has 5 rings (SSSR count). The van der Waals surface area contributed by atoms with Crippen molar-refractivity contribution < 1.29 is 33.7 Å². The maximum absolute atomic E-state index is 13.3. The van der Waals surface area contributed by atoms with E-state index in [1.54, 1.807) is 19.1 Å². The van der Waals surface area contributed by atoms with Gasteiger partial charge in [0.05, 0.1) is 11.7 Å². The Kier molecular flexibility index (Phi) is 3.42. The van der Waals surface area contributed by atoms with E-state index in [-0.39, 0.29) is 17.3 Å². The fraction of sp³-hybridized carbons (Fsp3) is 0.429. The lowest BCUT2D eigenvalue weighted by atomic mass is 9.58. The molecule has 146 valence electrons. The van der Waals surface area contributed by atoms with Gasteiger partial charge in [-0.3, -0.25) is 9.59 Å². The largest absolute Gasteiger partial charge is 0.460 e. The summed E-state index contributed by atoms with van der Waals surface area (Å²) < 4.78 is 16.6. The SMILES string of the molecule is COC1(OC)[C@H](O)c2coc3c2[C@@](C)(c2ccc4c(c2C3=O)CCC4=O)[C@@H]1O. The number of methoxy groups -OCH3 is 2. The van der Waals surface area contributed by atoms with Crippen LogP contribution in [0, 0.1) is 0 Å². The molecule has 2 aromatic rings. The summed E-state index contributed by atoms with van der Waals surface area (Å²) in [5.74, 6) is -1.99. The smallest absolute Gasteiger partial charge is 0.229 e. The highest BCUT2D eigenvalue weighted by Gasteiger charge is 2.64. The molecule has 3 atom stereocenters. The van der Waals surface area contributed by atoms with Gasteiger partial charge in [-0.2, -0.15) is 0 Å². The molecule has 0 saturated carbocycles. The van der Waals surface area contributed by atoms with Crippen LogP contribution in [0.3, 0.4) is 0 Å². The third-order valence-corrected chi connectivity index (χ3v) is 6.79. The van der Waals surface area contributed by atoms with Gasteiger partial charge in [0.25, 0.3) is 0 Å². The summed E-state index contributed by atoms with van der Waals surface area (Å²) in [6.07, 6.45) is -0.533. The molecule has 7 heteroatoms. The number of hydrogen-bond donors (Lipinski definition) is 2. The quantitative estimate of drug-likeness (QED) is 0.759. The molecule has 0 spiro atoms. The normalized spacial score (nSPS) is 29.5. The van der Waals surface area contributed by atoms with Crippen LogP contribution in [-0.4, -0.2) is 47.9 Å². The summed E-state index contributed by atoms with van der Waals surface area (Å²) in [7, 11) is 2.70. The minimum Gasteiger partial charge on any atom is -0.460 e. The fourth-order valence-electron chi connectivity index (χ4n) is 5.34. The molecule has 1 aromatic carbocycles. The number of carbonyl (C=O) groups is 2. The van der Waals surface area contributed by atoms with E-state index in [0.717, 1.165) is 0 Å². The zero-order valence-electron chi connectivity index (χ0n) is 15.7. The van der Waals surface area contributed by atoms with Crippen molar-refractivity contribution >= 4 is 11.6 Å². The Labute approximate surface area is 160 Å². The first-order valence-electron chi connectivity index (χ1n) is 9.15. The second kappa shape index (κ2) is 5.39. The third-order valence-electron chi connectivity index (χ3n) is 6.79. The Hall–Kier alpha value is -2.32. The summed E-state index contributed by atoms with van der Waals surface area (Å²) in [6, 6.07) is 3.43. The number of ether oxygens (including phenoxy) is 2. The molecule has 28 heavy (non-hydrogen) atoms. The summed E-state index contributed by atoms with van der Waals surface area (Å²) in [4.78, 5) is 25.5. The van der Waals surface area contributed by atoms with Crippen LogP contribution in [0.15, 0.2) is 22.8 Å². The molecular weight excluding hydrogens is 364 g/mol.